The van der Waals surface area contributed by atoms with Crippen molar-refractivity contribution in [2.24, 2.45) is 5.92 Å². The number of rotatable bonds is 5. The summed E-state index contributed by atoms with van der Waals surface area (Å²) < 4.78 is 5.44. The van der Waals surface area contributed by atoms with Crippen LogP contribution in [0.25, 0.3) is 0 Å². The number of hydrogen-bond donors (Lipinski definition) is 1. The van der Waals surface area contributed by atoms with Crippen molar-refractivity contribution >= 4 is 11.9 Å². The van der Waals surface area contributed by atoms with Gasteiger partial charge in [-0.2, -0.15) is 15.0 Å². The summed E-state index contributed by atoms with van der Waals surface area (Å²) in [6.07, 6.45) is 4.54. The predicted molar refractivity (Wildman–Crippen MR) is 75.3 cm³/mol. The highest BCUT2D eigenvalue weighted by Crippen LogP contribution is 2.23. The fourth-order valence-corrected chi connectivity index (χ4v) is 2.30. The molecular formula is C13H23N5O. The highest BCUT2D eigenvalue weighted by atomic mass is 16.5. The van der Waals surface area contributed by atoms with Crippen LogP contribution in [0.1, 0.15) is 39.5 Å². The van der Waals surface area contributed by atoms with Crippen molar-refractivity contribution < 1.29 is 4.74 Å². The summed E-state index contributed by atoms with van der Waals surface area (Å²) >= 11 is 0. The molecule has 0 radical (unpaired) electrons. The van der Waals surface area contributed by atoms with Crippen molar-refractivity contribution in [2.75, 3.05) is 30.3 Å². The lowest BCUT2D eigenvalue weighted by Crippen LogP contribution is -2.35. The Kier molecular flexibility index (Phi) is 4.76. The molecule has 6 nitrogen and oxygen atoms in total. The fourth-order valence-electron chi connectivity index (χ4n) is 2.30. The highest BCUT2D eigenvalue weighted by molar-refractivity contribution is 5.36. The van der Waals surface area contributed by atoms with Gasteiger partial charge in [-0.3, -0.25) is 0 Å². The van der Waals surface area contributed by atoms with Crippen LogP contribution in [0.4, 0.5) is 11.9 Å². The molecule has 0 amide bonds. The van der Waals surface area contributed by atoms with E-state index in [0.717, 1.165) is 25.4 Å². The van der Waals surface area contributed by atoms with Gasteiger partial charge in [-0.25, -0.2) is 0 Å². The molecule has 1 aliphatic heterocycles. The zero-order valence-electron chi connectivity index (χ0n) is 11.8. The van der Waals surface area contributed by atoms with Crippen molar-refractivity contribution in [1.29, 1.82) is 0 Å². The second kappa shape index (κ2) is 6.54. The van der Waals surface area contributed by atoms with E-state index in [1.165, 1.54) is 19.3 Å². The van der Waals surface area contributed by atoms with Crippen molar-refractivity contribution in [3.05, 3.63) is 0 Å². The average molecular weight is 265 g/mol. The van der Waals surface area contributed by atoms with Crippen LogP contribution < -0.4 is 15.4 Å². The summed E-state index contributed by atoms with van der Waals surface area (Å²) in [5.74, 6) is 1.70. The molecule has 1 saturated heterocycles. The van der Waals surface area contributed by atoms with E-state index in [4.69, 9.17) is 10.5 Å². The fraction of sp³-hybridized carbons (Fsp3) is 0.769. The van der Waals surface area contributed by atoms with Crippen LogP contribution in [0.15, 0.2) is 0 Å². The zero-order valence-corrected chi connectivity index (χ0v) is 11.8. The van der Waals surface area contributed by atoms with Gasteiger partial charge in [-0.1, -0.05) is 20.3 Å². The molecule has 1 aliphatic rings. The van der Waals surface area contributed by atoms with Gasteiger partial charge in [-0.05, 0) is 25.2 Å². The molecule has 2 rings (SSSR count). The summed E-state index contributed by atoms with van der Waals surface area (Å²) in [5, 5.41) is 0. The van der Waals surface area contributed by atoms with Gasteiger partial charge in [-0.15, -0.1) is 0 Å². The normalized spacial score (nSPS) is 16.6. The molecular weight excluding hydrogens is 242 g/mol. The number of hydrogen-bond acceptors (Lipinski definition) is 6. The van der Waals surface area contributed by atoms with Crippen molar-refractivity contribution in [3.63, 3.8) is 0 Å². The van der Waals surface area contributed by atoms with E-state index in [-0.39, 0.29) is 5.95 Å². The van der Waals surface area contributed by atoms with E-state index in [1.807, 2.05) is 6.92 Å². The van der Waals surface area contributed by atoms with Crippen LogP contribution in [-0.2, 0) is 0 Å². The van der Waals surface area contributed by atoms with E-state index in [0.29, 0.717) is 18.6 Å². The first-order valence-electron chi connectivity index (χ1n) is 7.12. The van der Waals surface area contributed by atoms with Crippen molar-refractivity contribution in [1.82, 2.24) is 15.0 Å². The first-order chi connectivity index (χ1) is 9.22. The maximum Gasteiger partial charge on any atom is 0.323 e. The van der Waals surface area contributed by atoms with Crippen LogP contribution >= 0.6 is 0 Å². The summed E-state index contributed by atoms with van der Waals surface area (Å²) in [6, 6.07) is 0.335. The molecule has 1 aromatic rings. The minimum absolute atomic E-state index is 0.230. The molecule has 0 bridgehead atoms. The van der Waals surface area contributed by atoms with Gasteiger partial charge >= 0.3 is 6.01 Å². The first-order valence-corrected chi connectivity index (χ1v) is 7.12. The van der Waals surface area contributed by atoms with Gasteiger partial charge in [0.2, 0.25) is 11.9 Å². The lowest BCUT2D eigenvalue weighted by Gasteiger charge is -2.31. The van der Waals surface area contributed by atoms with Gasteiger partial charge in [0, 0.05) is 13.1 Å². The van der Waals surface area contributed by atoms with Gasteiger partial charge < -0.3 is 15.4 Å². The SMILES string of the molecule is CCCOc1nc(N)nc(N2CCC(CC)CC2)n1. The zero-order chi connectivity index (χ0) is 13.7. The first kappa shape index (κ1) is 13.8. The van der Waals surface area contributed by atoms with Gasteiger partial charge in [0.1, 0.15) is 0 Å². The van der Waals surface area contributed by atoms with E-state index in [9.17, 15) is 0 Å². The predicted octanol–water partition coefficient (Wildman–Crippen LogP) is 1.87. The second-order valence-corrected chi connectivity index (χ2v) is 4.96. The van der Waals surface area contributed by atoms with E-state index in [2.05, 4.69) is 26.8 Å². The Morgan fingerprint density at radius 1 is 1.21 bits per heavy atom. The molecule has 6 heteroatoms. The molecule has 19 heavy (non-hydrogen) atoms. The topological polar surface area (TPSA) is 77.2 Å². The maximum atomic E-state index is 5.72. The monoisotopic (exact) mass is 265 g/mol. The third kappa shape index (κ3) is 3.68. The second-order valence-electron chi connectivity index (χ2n) is 4.96. The van der Waals surface area contributed by atoms with Crippen LogP contribution in [0.2, 0.25) is 0 Å². The summed E-state index contributed by atoms with van der Waals surface area (Å²) in [6.45, 7) is 6.85. The Labute approximate surface area is 114 Å². The van der Waals surface area contributed by atoms with E-state index in [1.54, 1.807) is 0 Å². The molecule has 2 N–H and O–H groups in total. The molecule has 106 valence electrons. The lowest BCUT2D eigenvalue weighted by atomic mass is 9.95. The molecule has 0 unspecified atom stereocenters. The Balaban J connectivity index is 2.05. The number of nitrogens with zero attached hydrogens (tertiary/aromatic N) is 4. The molecule has 0 aliphatic carbocycles. The highest BCUT2D eigenvalue weighted by Gasteiger charge is 2.20. The summed E-state index contributed by atoms with van der Waals surface area (Å²) in [5.41, 5.74) is 5.72. The third-order valence-corrected chi connectivity index (χ3v) is 3.53. The summed E-state index contributed by atoms with van der Waals surface area (Å²) in [4.78, 5) is 14.7. The smallest absolute Gasteiger partial charge is 0.323 e. The number of nitrogen functional groups attached to an aromatic ring is 1. The largest absolute Gasteiger partial charge is 0.463 e. The average Bonchev–Trinajstić information content (AvgIpc) is 2.44. The minimum Gasteiger partial charge on any atom is -0.463 e. The van der Waals surface area contributed by atoms with Crippen LogP contribution in [-0.4, -0.2) is 34.6 Å². The Morgan fingerprint density at radius 2 is 1.95 bits per heavy atom. The number of piperidine rings is 1. The van der Waals surface area contributed by atoms with Gasteiger partial charge in [0.15, 0.2) is 0 Å². The van der Waals surface area contributed by atoms with E-state index < -0.39 is 0 Å². The van der Waals surface area contributed by atoms with Crippen LogP contribution in [0, 0.1) is 5.92 Å². The Hall–Kier alpha value is -1.59. The standard InChI is InChI=1S/C13H23N5O/c1-3-9-19-13-16-11(14)15-12(17-13)18-7-5-10(4-2)6-8-18/h10H,3-9H2,1-2H3,(H2,14,15,16,17). The van der Waals surface area contributed by atoms with Crippen LogP contribution in [0.5, 0.6) is 6.01 Å². The minimum atomic E-state index is 0.230. The third-order valence-electron chi connectivity index (χ3n) is 3.53. The molecule has 1 fully saturated rings. The molecule has 0 spiro atoms. The Morgan fingerprint density at radius 3 is 2.58 bits per heavy atom. The van der Waals surface area contributed by atoms with Gasteiger partial charge in [0.05, 0.1) is 6.61 Å². The van der Waals surface area contributed by atoms with Gasteiger partial charge in [0.25, 0.3) is 0 Å². The van der Waals surface area contributed by atoms with Crippen molar-refractivity contribution in [3.8, 4) is 6.01 Å². The molecule has 2 heterocycles. The molecule has 1 aromatic heterocycles. The molecule has 0 saturated carbocycles. The van der Waals surface area contributed by atoms with Crippen LogP contribution in [0.3, 0.4) is 0 Å². The van der Waals surface area contributed by atoms with Crippen molar-refractivity contribution in [2.45, 2.75) is 39.5 Å². The lowest BCUT2D eigenvalue weighted by molar-refractivity contribution is 0.291. The Bertz CT molecular complexity index is 404. The summed E-state index contributed by atoms with van der Waals surface area (Å²) in [7, 11) is 0. The number of nitrogens with two attached hydrogens (primary N) is 1. The number of anilines is 2. The number of ether oxygens (including phenoxy) is 1. The maximum absolute atomic E-state index is 5.72. The van der Waals surface area contributed by atoms with E-state index >= 15 is 0 Å². The quantitative estimate of drug-likeness (QED) is 0.875. The molecule has 0 aromatic carbocycles. The number of aromatic nitrogens is 3. The molecule has 0 atom stereocenters.